The summed E-state index contributed by atoms with van der Waals surface area (Å²) in [5, 5.41) is 9.04. The zero-order valence-electron chi connectivity index (χ0n) is 12.1. The highest BCUT2D eigenvalue weighted by Crippen LogP contribution is 2.31. The van der Waals surface area contributed by atoms with E-state index in [0.29, 0.717) is 5.52 Å². The Hall–Kier alpha value is -2.04. The second kappa shape index (κ2) is 5.39. The predicted molar refractivity (Wildman–Crippen MR) is 80.8 cm³/mol. The third-order valence-electron chi connectivity index (χ3n) is 4.56. The summed E-state index contributed by atoms with van der Waals surface area (Å²) in [6.45, 7) is 2.26. The van der Waals surface area contributed by atoms with Gasteiger partial charge in [0.2, 0.25) is 0 Å². The van der Waals surface area contributed by atoms with Crippen LogP contribution in [0.2, 0.25) is 0 Å². The smallest absolute Gasteiger partial charge is 0.335 e. The number of aromatic carboxylic acids is 1. The molecule has 1 heterocycles. The number of fused-ring (bicyclic) bond motifs is 1. The van der Waals surface area contributed by atoms with Crippen LogP contribution in [-0.2, 0) is 0 Å². The van der Waals surface area contributed by atoms with Crippen LogP contribution in [0.1, 0.15) is 55.4 Å². The third kappa shape index (κ3) is 2.60. The van der Waals surface area contributed by atoms with Crippen LogP contribution >= 0.6 is 0 Å². The molecule has 0 amide bonds. The number of aromatic amines is 1. The summed E-state index contributed by atoms with van der Waals surface area (Å²) in [5.74, 6) is -0.261. The van der Waals surface area contributed by atoms with Crippen LogP contribution in [0, 0.1) is 5.92 Å². The van der Waals surface area contributed by atoms with Gasteiger partial charge in [0.1, 0.15) is 0 Å². The standard InChI is InChI=1S/C16H20N2O3/c1-10-3-2-4-12(7-5-10)18-14-8-6-11(15(19)20)9-13(14)17-16(18)21/h6,8-10,12H,2-5,7H2,1H3,(H,17,21)(H,19,20). The molecule has 112 valence electrons. The first kappa shape index (κ1) is 13.9. The number of H-pyrrole nitrogens is 1. The van der Waals surface area contributed by atoms with Crippen molar-refractivity contribution >= 4 is 17.0 Å². The Morgan fingerprint density at radius 3 is 2.86 bits per heavy atom. The van der Waals surface area contributed by atoms with Crippen molar-refractivity contribution < 1.29 is 9.90 Å². The largest absolute Gasteiger partial charge is 0.478 e. The van der Waals surface area contributed by atoms with Crippen molar-refractivity contribution in [1.29, 1.82) is 0 Å². The van der Waals surface area contributed by atoms with Gasteiger partial charge in [0, 0.05) is 6.04 Å². The number of carboxylic acid groups (broad SMARTS) is 1. The second-order valence-electron chi connectivity index (χ2n) is 6.10. The zero-order chi connectivity index (χ0) is 15.0. The Bertz CT molecular complexity index is 729. The molecule has 5 nitrogen and oxygen atoms in total. The number of hydrogen-bond acceptors (Lipinski definition) is 2. The molecule has 1 aliphatic rings. The molecular weight excluding hydrogens is 268 g/mol. The van der Waals surface area contributed by atoms with Crippen LogP contribution in [0.4, 0.5) is 0 Å². The molecule has 1 saturated carbocycles. The molecule has 0 radical (unpaired) electrons. The van der Waals surface area contributed by atoms with Gasteiger partial charge in [-0.05, 0) is 43.4 Å². The maximum atomic E-state index is 12.3. The average molecular weight is 288 g/mol. The van der Waals surface area contributed by atoms with Crippen molar-refractivity contribution in [2.75, 3.05) is 0 Å². The van der Waals surface area contributed by atoms with Crippen LogP contribution in [0.25, 0.3) is 11.0 Å². The number of carbonyl (C=O) groups is 1. The minimum absolute atomic E-state index is 0.132. The van der Waals surface area contributed by atoms with Gasteiger partial charge in [-0.1, -0.05) is 19.8 Å². The fourth-order valence-electron chi connectivity index (χ4n) is 3.35. The van der Waals surface area contributed by atoms with E-state index in [1.165, 1.54) is 12.5 Å². The maximum Gasteiger partial charge on any atom is 0.335 e. The lowest BCUT2D eigenvalue weighted by molar-refractivity contribution is 0.0697. The average Bonchev–Trinajstić information content (AvgIpc) is 2.62. The van der Waals surface area contributed by atoms with E-state index in [9.17, 15) is 9.59 Å². The number of rotatable bonds is 2. The maximum absolute atomic E-state index is 12.3. The second-order valence-corrected chi connectivity index (χ2v) is 6.10. The molecule has 2 atom stereocenters. The lowest BCUT2D eigenvalue weighted by Crippen LogP contribution is -2.22. The molecule has 3 rings (SSSR count). The fraction of sp³-hybridized carbons (Fsp3) is 0.500. The normalized spacial score (nSPS) is 23.1. The molecule has 21 heavy (non-hydrogen) atoms. The van der Waals surface area contributed by atoms with Crippen molar-refractivity contribution in [2.24, 2.45) is 5.92 Å². The van der Waals surface area contributed by atoms with Gasteiger partial charge in [0.15, 0.2) is 0 Å². The molecule has 1 aliphatic carbocycles. The van der Waals surface area contributed by atoms with Crippen LogP contribution < -0.4 is 5.69 Å². The van der Waals surface area contributed by atoms with Crippen molar-refractivity contribution in [3.63, 3.8) is 0 Å². The number of nitrogens with zero attached hydrogens (tertiary/aromatic N) is 1. The number of carboxylic acids is 1. The Kier molecular flexibility index (Phi) is 3.57. The highest BCUT2D eigenvalue weighted by molar-refractivity contribution is 5.92. The van der Waals surface area contributed by atoms with Crippen LogP contribution in [-0.4, -0.2) is 20.6 Å². The molecule has 0 saturated heterocycles. The monoisotopic (exact) mass is 288 g/mol. The van der Waals surface area contributed by atoms with Gasteiger partial charge in [-0.3, -0.25) is 4.57 Å². The predicted octanol–water partition coefficient (Wildman–Crippen LogP) is 3.17. The molecule has 0 spiro atoms. The molecule has 0 bridgehead atoms. The Labute approximate surface area is 122 Å². The first-order valence-electron chi connectivity index (χ1n) is 7.54. The zero-order valence-corrected chi connectivity index (χ0v) is 12.1. The van der Waals surface area contributed by atoms with Gasteiger partial charge in [-0.25, -0.2) is 9.59 Å². The Morgan fingerprint density at radius 1 is 1.29 bits per heavy atom. The molecule has 5 heteroatoms. The van der Waals surface area contributed by atoms with E-state index in [2.05, 4.69) is 11.9 Å². The number of aromatic nitrogens is 2. The van der Waals surface area contributed by atoms with Crippen molar-refractivity contribution in [1.82, 2.24) is 9.55 Å². The molecule has 2 unspecified atom stereocenters. The first-order chi connectivity index (χ1) is 10.1. The molecule has 2 N–H and O–H groups in total. The summed E-state index contributed by atoms with van der Waals surface area (Å²) >= 11 is 0. The molecule has 1 aromatic heterocycles. The Morgan fingerprint density at radius 2 is 2.10 bits per heavy atom. The molecular formula is C16H20N2O3. The van der Waals surface area contributed by atoms with Crippen LogP contribution in [0.5, 0.6) is 0 Å². The lowest BCUT2D eigenvalue weighted by atomic mass is 10.0. The number of hydrogen-bond donors (Lipinski definition) is 2. The summed E-state index contributed by atoms with van der Waals surface area (Å²) in [6, 6.07) is 5.06. The molecule has 1 aromatic carbocycles. The Balaban J connectivity index is 2.04. The molecule has 0 aliphatic heterocycles. The minimum atomic E-state index is -0.978. The summed E-state index contributed by atoms with van der Waals surface area (Å²) < 4.78 is 1.82. The van der Waals surface area contributed by atoms with E-state index in [1.54, 1.807) is 12.1 Å². The van der Waals surface area contributed by atoms with E-state index in [1.807, 2.05) is 4.57 Å². The minimum Gasteiger partial charge on any atom is -0.478 e. The van der Waals surface area contributed by atoms with Crippen molar-refractivity contribution in [3.8, 4) is 0 Å². The van der Waals surface area contributed by atoms with Gasteiger partial charge < -0.3 is 10.1 Å². The first-order valence-corrected chi connectivity index (χ1v) is 7.54. The molecule has 2 aromatic rings. The van der Waals surface area contributed by atoms with Gasteiger partial charge in [0.05, 0.1) is 16.6 Å². The van der Waals surface area contributed by atoms with Gasteiger partial charge in [-0.15, -0.1) is 0 Å². The number of benzene rings is 1. The van der Waals surface area contributed by atoms with Gasteiger partial charge >= 0.3 is 11.7 Å². The third-order valence-corrected chi connectivity index (χ3v) is 4.56. The lowest BCUT2D eigenvalue weighted by Gasteiger charge is -2.16. The number of nitrogens with one attached hydrogen (secondary N) is 1. The van der Waals surface area contributed by atoms with Crippen LogP contribution in [0.15, 0.2) is 23.0 Å². The van der Waals surface area contributed by atoms with Crippen molar-refractivity contribution in [3.05, 3.63) is 34.2 Å². The van der Waals surface area contributed by atoms with Crippen LogP contribution in [0.3, 0.4) is 0 Å². The van der Waals surface area contributed by atoms with Gasteiger partial charge in [0.25, 0.3) is 0 Å². The highest BCUT2D eigenvalue weighted by atomic mass is 16.4. The van der Waals surface area contributed by atoms with Crippen molar-refractivity contribution in [2.45, 2.75) is 45.1 Å². The van der Waals surface area contributed by atoms with E-state index in [-0.39, 0.29) is 17.3 Å². The highest BCUT2D eigenvalue weighted by Gasteiger charge is 2.21. The summed E-state index contributed by atoms with van der Waals surface area (Å²) in [7, 11) is 0. The van der Waals surface area contributed by atoms with E-state index >= 15 is 0 Å². The fourth-order valence-corrected chi connectivity index (χ4v) is 3.35. The SMILES string of the molecule is CC1CCCC(n2c(=O)[nH]c3cc(C(=O)O)ccc32)CC1. The quantitative estimate of drug-likeness (QED) is 0.833. The van der Waals surface area contributed by atoms with E-state index in [4.69, 9.17) is 5.11 Å². The number of imidazole rings is 1. The summed E-state index contributed by atoms with van der Waals surface area (Å²) in [4.78, 5) is 26.1. The topological polar surface area (TPSA) is 75.1 Å². The summed E-state index contributed by atoms with van der Waals surface area (Å²) in [6.07, 6.45) is 5.51. The van der Waals surface area contributed by atoms with E-state index < -0.39 is 5.97 Å². The van der Waals surface area contributed by atoms with Gasteiger partial charge in [-0.2, -0.15) is 0 Å². The summed E-state index contributed by atoms with van der Waals surface area (Å²) in [5.41, 5.74) is 1.49. The molecule has 1 fully saturated rings. The van der Waals surface area contributed by atoms with E-state index in [0.717, 1.165) is 37.1 Å².